The zero-order valence-corrected chi connectivity index (χ0v) is 19.0. The van der Waals surface area contributed by atoms with E-state index in [0.29, 0.717) is 10.9 Å². The molecule has 11 heteroatoms. The summed E-state index contributed by atoms with van der Waals surface area (Å²) in [6.07, 6.45) is 2.66. The van der Waals surface area contributed by atoms with E-state index in [1.807, 2.05) is 53.1 Å². The molecule has 5 rings (SSSR count). The number of thioether (sulfide) groups is 2. The molecule has 3 heterocycles. The highest BCUT2D eigenvalue weighted by Gasteiger charge is 2.18. The number of nitrogens with zero attached hydrogens (tertiary/aromatic N) is 6. The molecular formula is C21H16F2N6S3. The maximum atomic E-state index is 13.1. The Hall–Kier alpha value is -2.76. The Balaban J connectivity index is 1.40. The fourth-order valence-corrected chi connectivity index (χ4v) is 6.03. The number of para-hydroxylation sites is 2. The average Bonchev–Trinajstić information content (AvgIpc) is 3.54. The standard InChI is InChI=1S/C21H16F2N6S3/c22-19(23)28-11-10-24-17(28)12-30-20-27-26-18(29(20)14-6-2-1-3-7-14)13-31-21-25-15-8-4-5-9-16(15)32-21/h1-11,19H,12-13H2. The van der Waals surface area contributed by atoms with E-state index in [9.17, 15) is 8.78 Å². The number of halogens is 2. The first-order valence-corrected chi connectivity index (χ1v) is 12.4. The highest BCUT2D eigenvalue weighted by molar-refractivity contribution is 8.00. The number of rotatable bonds is 8. The van der Waals surface area contributed by atoms with Crippen molar-refractivity contribution in [3.63, 3.8) is 0 Å². The number of imidazole rings is 1. The summed E-state index contributed by atoms with van der Waals surface area (Å²) < 4.78 is 31.2. The van der Waals surface area contributed by atoms with Crippen LogP contribution in [0.1, 0.15) is 18.2 Å². The van der Waals surface area contributed by atoms with Crippen molar-refractivity contribution in [2.75, 3.05) is 0 Å². The summed E-state index contributed by atoms with van der Waals surface area (Å²) in [5.74, 6) is 1.89. The van der Waals surface area contributed by atoms with E-state index < -0.39 is 6.55 Å². The number of hydrogen-bond acceptors (Lipinski definition) is 7. The fourth-order valence-electron chi connectivity index (χ4n) is 3.13. The van der Waals surface area contributed by atoms with Gasteiger partial charge in [0.05, 0.1) is 21.7 Å². The lowest BCUT2D eigenvalue weighted by Crippen LogP contribution is -2.04. The summed E-state index contributed by atoms with van der Waals surface area (Å²) >= 11 is 4.58. The van der Waals surface area contributed by atoms with Gasteiger partial charge in [-0.25, -0.2) is 9.97 Å². The van der Waals surface area contributed by atoms with E-state index in [2.05, 4.69) is 26.2 Å². The Morgan fingerprint density at radius 1 is 0.906 bits per heavy atom. The molecule has 2 aromatic carbocycles. The van der Waals surface area contributed by atoms with Crippen molar-refractivity contribution in [2.45, 2.75) is 27.6 Å². The van der Waals surface area contributed by atoms with Crippen molar-refractivity contribution in [2.24, 2.45) is 0 Å². The molecule has 0 aliphatic carbocycles. The van der Waals surface area contributed by atoms with Crippen molar-refractivity contribution in [1.29, 1.82) is 0 Å². The van der Waals surface area contributed by atoms with Crippen molar-refractivity contribution in [3.05, 3.63) is 78.6 Å². The molecule has 0 saturated heterocycles. The Morgan fingerprint density at radius 3 is 2.50 bits per heavy atom. The molecular weight excluding hydrogens is 470 g/mol. The fraction of sp³-hybridized carbons (Fsp3) is 0.143. The third kappa shape index (κ3) is 4.41. The molecule has 162 valence electrons. The number of thiazole rings is 1. The second kappa shape index (κ2) is 9.39. The Kier molecular flexibility index (Phi) is 6.19. The Labute approximate surface area is 194 Å². The van der Waals surface area contributed by atoms with E-state index in [-0.39, 0.29) is 11.6 Å². The number of alkyl halides is 2. The molecule has 0 spiro atoms. The molecule has 0 saturated carbocycles. The van der Waals surface area contributed by atoms with Gasteiger partial charge in [-0.1, -0.05) is 53.9 Å². The quantitative estimate of drug-likeness (QED) is 0.249. The first-order chi connectivity index (χ1) is 15.7. The minimum absolute atomic E-state index is 0.257. The van der Waals surface area contributed by atoms with Crippen LogP contribution in [0.5, 0.6) is 0 Å². The Morgan fingerprint density at radius 2 is 1.69 bits per heavy atom. The summed E-state index contributed by atoms with van der Waals surface area (Å²) in [6.45, 7) is -2.62. The van der Waals surface area contributed by atoms with Crippen molar-refractivity contribution in [3.8, 4) is 5.69 Å². The highest BCUT2D eigenvalue weighted by atomic mass is 32.2. The minimum atomic E-state index is -2.62. The molecule has 3 aromatic heterocycles. The van der Waals surface area contributed by atoms with E-state index in [4.69, 9.17) is 0 Å². The van der Waals surface area contributed by atoms with E-state index >= 15 is 0 Å². The molecule has 5 aromatic rings. The number of aromatic nitrogens is 6. The van der Waals surface area contributed by atoms with Gasteiger partial charge in [-0.2, -0.15) is 8.78 Å². The molecule has 0 unspecified atom stereocenters. The molecule has 6 nitrogen and oxygen atoms in total. The lowest BCUT2D eigenvalue weighted by Gasteiger charge is -2.10. The van der Waals surface area contributed by atoms with Gasteiger partial charge >= 0.3 is 6.55 Å². The zero-order valence-electron chi connectivity index (χ0n) is 16.5. The predicted molar refractivity (Wildman–Crippen MR) is 124 cm³/mol. The second-order valence-corrected chi connectivity index (χ2v) is 9.82. The largest absolute Gasteiger partial charge is 0.319 e. The number of fused-ring (bicyclic) bond motifs is 1. The van der Waals surface area contributed by atoms with Gasteiger partial charge in [0.2, 0.25) is 0 Å². The van der Waals surface area contributed by atoms with Gasteiger partial charge in [0.1, 0.15) is 11.6 Å². The molecule has 0 radical (unpaired) electrons. The Bertz CT molecular complexity index is 1300. The molecule has 32 heavy (non-hydrogen) atoms. The van der Waals surface area contributed by atoms with Crippen molar-refractivity contribution < 1.29 is 8.78 Å². The molecule has 0 aliphatic heterocycles. The van der Waals surface area contributed by atoms with Gasteiger partial charge in [0.25, 0.3) is 0 Å². The first kappa shape index (κ1) is 21.1. The van der Waals surface area contributed by atoms with Gasteiger partial charge in [-0.3, -0.25) is 9.13 Å². The van der Waals surface area contributed by atoms with E-state index in [1.54, 1.807) is 23.1 Å². The van der Waals surface area contributed by atoms with Gasteiger partial charge in [0.15, 0.2) is 9.50 Å². The molecule has 0 N–H and O–H groups in total. The van der Waals surface area contributed by atoms with Crippen LogP contribution in [0.25, 0.3) is 15.9 Å². The van der Waals surface area contributed by atoms with Crippen LogP contribution in [0, 0.1) is 0 Å². The maximum absolute atomic E-state index is 13.1. The highest BCUT2D eigenvalue weighted by Crippen LogP contribution is 2.33. The molecule has 0 fully saturated rings. The van der Waals surface area contributed by atoms with Gasteiger partial charge in [-0.05, 0) is 24.3 Å². The summed E-state index contributed by atoms with van der Waals surface area (Å²) in [4.78, 5) is 8.72. The SMILES string of the molecule is FC(F)n1ccnc1CSc1nnc(CSc2nc3ccccc3s2)n1-c1ccccc1. The predicted octanol–water partition coefficient (Wildman–Crippen LogP) is 6.05. The van der Waals surface area contributed by atoms with Crippen molar-refractivity contribution >= 4 is 45.1 Å². The lowest BCUT2D eigenvalue weighted by atomic mass is 10.3. The maximum Gasteiger partial charge on any atom is 0.319 e. The van der Waals surface area contributed by atoms with Gasteiger partial charge in [0, 0.05) is 18.1 Å². The van der Waals surface area contributed by atoms with Gasteiger partial charge < -0.3 is 0 Å². The molecule has 0 atom stereocenters. The monoisotopic (exact) mass is 486 g/mol. The van der Waals surface area contributed by atoms with Crippen molar-refractivity contribution in [1.82, 2.24) is 29.3 Å². The molecule has 0 bridgehead atoms. The smallest absolute Gasteiger partial charge is 0.277 e. The van der Waals surface area contributed by atoms with Crippen LogP contribution in [0.15, 0.2) is 76.5 Å². The second-order valence-electron chi connectivity index (χ2n) is 6.62. The zero-order chi connectivity index (χ0) is 21.9. The summed E-state index contributed by atoms with van der Waals surface area (Å²) in [5.41, 5.74) is 1.90. The lowest BCUT2D eigenvalue weighted by molar-refractivity contribution is 0.0678. The van der Waals surface area contributed by atoms with E-state index in [0.717, 1.165) is 30.6 Å². The first-order valence-electron chi connectivity index (χ1n) is 9.60. The van der Waals surface area contributed by atoms with Crippen LogP contribution in [-0.2, 0) is 11.5 Å². The topological polar surface area (TPSA) is 61.4 Å². The van der Waals surface area contributed by atoms with Gasteiger partial charge in [-0.15, -0.1) is 21.5 Å². The van der Waals surface area contributed by atoms with Crippen LogP contribution >= 0.6 is 34.9 Å². The van der Waals surface area contributed by atoms with E-state index in [1.165, 1.54) is 24.2 Å². The van der Waals surface area contributed by atoms with Crippen LogP contribution in [-0.4, -0.2) is 29.3 Å². The van der Waals surface area contributed by atoms with Crippen LogP contribution < -0.4 is 0 Å². The third-order valence-corrected chi connectivity index (χ3v) is 7.70. The normalized spacial score (nSPS) is 11.6. The van der Waals surface area contributed by atoms with Crippen LogP contribution in [0.4, 0.5) is 8.78 Å². The molecule has 0 aliphatic rings. The summed E-state index contributed by atoms with van der Waals surface area (Å²) in [7, 11) is 0. The van der Waals surface area contributed by atoms with Crippen LogP contribution in [0.2, 0.25) is 0 Å². The summed E-state index contributed by atoms with van der Waals surface area (Å²) in [5, 5.41) is 9.36. The number of benzene rings is 2. The third-order valence-electron chi connectivity index (χ3n) is 4.60. The van der Waals surface area contributed by atoms with Crippen LogP contribution in [0.3, 0.4) is 0 Å². The number of hydrogen-bond donors (Lipinski definition) is 0. The molecule has 0 amide bonds. The minimum Gasteiger partial charge on any atom is -0.277 e. The summed E-state index contributed by atoms with van der Waals surface area (Å²) in [6, 6.07) is 17.8. The average molecular weight is 487 g/mol.